The SMILES string of the molecule is CCC1CN(Cc2cncc(Br)c2)CC/C1=N\O. The Kier molecular flexibility index (Phi) is 4.72. The number of hydrogen-bond donors (Lipinski definition) is 1. The van der Waals surface area contributed by atoms with Gasteiger partial charge in [0.25, 0.3) is 0 Å². The van der Waals surface area contributed by atoms with Crippen LogP contribution in [0.4, 0.5) is 0 Å². The molecule has 2 rings (SSSR count). The average Bonchev–Trinajstić information content (AvgIpc) is 2.38. The zero-order chi connectivity index (χ0) is 13.0. The number of halogens is 1. The van der Waals surface area contributed by atoms with Gasteiger partial charge in [-0.1, -0.05) is 12.1 Å². The van der Waals surface area contributed by atoms with Crippen molar-refractivity contribution >= 4 is 21.6 Å². The number of rotatable bonds is 3. The molecule has 0 radical (unpaired) electrons. The number of piperidine rings is 1. The molecule has 4 nitrogen and oxygen atoms in total. The van der Waals surface area contributed by atoms with Crippen LogP contribution in [0.25, 0.3) is 0 Å². The Labute approximate surface area is 116 Å². The van der Waals surface area contributed by atoms with Gasteiger partial charge in [-0.3, -0.25) is 9.88 Å². The molecule has 1 atom stereocenters. The molecule has 1 aliphatic heterocycles. The summed E-state index contributed by atoms with van der Waals surface area (Å²) in [4.78, 5) is 6.58. The molecule has 0 bridgehead atoms. The molecule has 18 heavy (non-hydrogen) atoms. The summed E-state index contributed by atoms with van der Waals surface area (Å²) in [6.07, 6.45) is 5.58. The maximum absolute atomic E-state index is 8.96. The van der Waals surface area contributed by atoms with Crippen molar-refractivity contribution in [2.24, 2.45) is 11.1 Å². The highest BCUT2D eigenvalue weighted by atomic mass is 79.9. The Morgan fingerprint density at radius 1 is 1.56 bits per heavy atom. The summed E-state index contributed by atoms with van der Waals surface area (Å²) in [7, 11) is 0. The van der Waals surface area contributed by atoms with Crippen molar-refractivity contribution in [2.75, 3.05) is 13.1 Å². The number of likely N-dealkylation sites (tertiary alicyclic amines) is 1. The molecular weight excluding hydrogens is 294 g/mol. The summed E-state index contributed by atoms with van der Waals surface area (Å²) in [6.45, 7) is 4.95. The van der Waals surface area contributed by atoms with E-state index in [0.29, 0.717) is 5.92 Å². The van der Waals surface area contributed by atoms with Gasteiger partial charge in [-0.15, -0.1) is 0 Å². The van der Waals surface area contributed by atoms with Gasteiger partial charge in [-0.05, 0) is 34.0 Å². The second kappa shape index (κ2) is 6.29. The first-order valence-corrected chi connectivity index (χ1v) is 7.04. The quantitative estimate of drug-likeness (QED) is 0.689. The summed E-state index contributed by atoms with van der Waals surface area (Å²) < 4.78 is 1.02. The van der Waals surface area contributed by atoms with E-state index in [1.54, 1.807) is 6.20 Å². The van der Waals surface area contributed by atoms with E-state index in [4.69, 9.17) is 5.21 Å². The van der Waals surface area contributed by atoms with Crippen LogP contribution in [0.1, 0.15) is 25.3 Å². The zero-order valence-corrected chi connectivity index (χ0v) is 12.1. The summed E-state index contributed by atoms with van der Waals surface area (Å²) in [6, 6.07) is 2.10. The summed E-state index contributed by atoms with van der Waals surface area (Å²) in [5.41, 5.74) is 2.16. The van der Waals surface area contributed by atoms with Gasteiger partial charge >= 0.3 is 0 Å². The van der Waals surface area contributed by atoms with Crippen molar-refractivity contribution < 1.29 is 5.21 Å². The zero-order valence-electron chi connectivity index (χ0n) is 10.5. The molecular formula is C13H18BrN3O. The maximum Gasteiger partial charge on any atom is 0.0627 e. The van der Waals surface area contributed by atoms with E-state index < -0.39 is 0 Å². The highest BCUT2D eigenvalue weighted by molar-refractivity contribution is 9.10. The second-order valence-electron chi connectivity index (χ2n) is 4.69. The molecule has 1 N–H and O–H groups in total. The lowest BCUT2D eigenvalue weighted by molar-refractivity contribution is 0.220. The molecule has 0 spiro atoms. The molecule has 1 fully saturated rings. The van der Waals surface area contributed by atoms with Crippen molar-refractivity contribution in [3.63, 3.8) is 0 Å². The standard InChI is InChI=1S/C13H18BrN3O/c1-2-11-9-17(4-3-13(11)16-18)8-10-5-12(14)7-15-6-10/h5-7,11,18H,2-4,8-9H2,1H3/b16-13+. The van der Waals surface area contributed by atoms with Gasteiger partial charge in [-0.2, -0.15) is 0 Å². The van der Waals surface area contributed by atoms with Gasteiger partial charge < -0.3 is 5.21 Å². The predicted octanol–water partition coefficient (Wildman–Crippen LogP) is 2.91. The van der Waals surface area contributed by atoms with E-state index in [-0.39, 0.29) is 0 Å². The maximum atomic E-state index is 8.96. The first-order chi connectivity index (χ1) is 8.72. The number of nitrogens with zero attached hydrogens (tertiary/aromatic N) is 3. The molecule has 2 heterocycles. The number of oxime groups is 1. The fraction of sp³-hybridized carbons (Fsp3) is 0.538. The molecule has 1 aliphatic rings. The smallest absolute Gasteiger partial charge is 0.0627 e. The fourth-order valence-corrected chi connectivity index (χ4v) is 2.84. The largest absolute Gasteiger partial charge is 0.411 e. The minimum atomic E-state index is 0.379. The van der Waals surface area contributed by atoms with Crippen LogP contribution in [0.2, 0.25) is 0 Å². The number of pyridine rings is 1. The Morgan fingerprint density at radius 3 is 3.06 bits per heavy atom. The fourth-order valence-electron chi connectivity index (χ4n) is 2.43. The average molecular weight is 312 g/mol. The topological polar surface area (TPSA) is 48.7 Å². The van der Waals surface area contributed by atoms with Crippen molar-refractivity contribution in [3.05, 3.63) is 28.5 Å². The summed E-state index contributed by atoms with van der Waals surface area (Å²) in [5.74, 6) is 0.379. The normalized spacial score (nSPS) is 23.4. The van der Waals surface area contributed by atoms with Crippen LogP contribution < -0.4 is 0 Å². The number of hydrogen-bond acceptors (Lipinski definition) is 4. The van der Waals surface area contributed by atoms with E-state index in [1.165, 1.54) is 5.56 Å². The third-order valence-corrected chi connectivity index (χ3v) is 3.86. The van der Waals surface area contributed by atoms with Gasteiger partial charge in [0.1, 0.15) is 0 Å². The van der Waals surface area contributed by atoms with Crippen LogP contribution in [-0.4, -0.2) is 33.9 Å². The first kappa shape index (κ1) is 13.5. The van der Waals surface area contributed by atoms with E-state index in [1.807, 2.05) is 6.20 Å². The Hall–Kier alpha value is -0.940. The van der Waals surface area contributed by atoms with Crippen molar-refractivity contribution in [1.82, 2.24) is 9.88 Å². The van der Waals surface area contributed by atoms with Gasteiger partial charge in [0, 0.05) is 48.8 Å². The molecule has 1 aromatic rings. The lowest BCUT2D eigenvalue weighted by Gasteiger charge is -2.32. The predicted molar refractivity (Wildman–Crippen MR) is 74.8 cm³/mol. The van der Waals surface area contributed by atoms with Gasteiger partial charge in [0.2, 0.25) is 0 Å². The Bertz CT molecular complexity index is 436. The summed E-state index contributed by atoms with van der Waals surface area (Å²) in [5, 5.41) is 12.4. The van der Waals surface area contributed by atoms with Crippen LogP contribution in [0.5, 0.6) is 0 Å². The lowest BCUT2D eigenvalue weighted by Crippen LogP contribution is -2.40. The molecule has 5 heteroatoms. The Balaban J connectivity index is 1.99. The van der Waals surface area contributed by atoms with Crippen molar-refractivity contribution in [2.45, 2.75) is 26.3 Å². The molecule has 1 aromatic heterocycles. The molecule has 0 aliphatic carbocycles. The molecule has 98 valence electrons. The number of aromatic nitrogens is 1. The van der Waals surface area contributed by atoms with Gasteiger partial charge in [0.15, 0.2) is 0 Å². The second-order valence-corrected chi connectivity index (χ2v) is 5.61. The molecule has 0 amide bonds. The van der Waals surface area contributed by atoms with Crippen molar-refractivity contribution in [3.8, 4) is 0 Å². The van der Waals surface area contributed by atoms with Crippen LogP contribution in [0, 0.1) is 5.92 Å². The third kappa shape index (κ3) is 3.29. The molecule has 0 aromatic carbocycles. The van der Waals surface area contributed by atoms with E-state index in [9.17, 15) is 0 Å². The highest BCUT2D eigenvalue weighted by Gasteiger charge is 2.24. The van der Waals surface area contributed by atoms with Gasteiger partial charge in [0.05, 0.1) is 5.71 Å². The monoisotopic (exact) mass is 311 g/mol. The van der Waals surface area contributed by atoms with E-state index >= 15 is 0 Å². The van der Waals surface area contributed by atoms with E-state index in [2.05, 4.69) is 44.0 Å². The molecule has 1 unspecified atom stereocenters. The molecule has 1 saturated heterocycles. The lowest BCUT2D eigenvalue weighted by atomic mass is 9.93. The Morgan fingerprint density at radius 2 is 2.39 bits per heavy atom. The van der Waals surface area contributed by atoms with Crippen molar-refractivity contribution in [1.29, 1.82) is 0 Å². The van der Waals surface area contributed by atoms with Crippen LogP contribution in [0.3, 0.4) is 0 Å². The third-order valence-electron chi connectivity index (χ3n) is 3.42. The minimum Gasteiger partial charge on any atom is -0.411 e. The summed E-state index contributed by atoms with van der Waals surface area (Å²) >= 11 is 3.44. The first-order valence-electron chi connectivity index (χ1n) is 6.25. The van der Waals surface area contributed by atoms with Crippen LogP contribution in [0.15, 0.2) is 28.1 Å². The van der Waals surface area contributed by atoms with Crippen LogP contribution in [-0.2, 0) is 6.54 Å². The van der Waals surface area contributed by atoms with Crippen LogP contribution >= 0.6 is 15.9 Å². The minimum absolute atomic E-state index is 0.379. The molecule has 0 saturated carbocycles. The van der Waals surface area contributed by atoms with E-state index in [0.717, 1.165) is 42.7 Å². The van der Waals surface area contributed by atoms with Gasteiger partial charge in [-0.25, -0.2) is 0 Å². The highest BCUT2D eigenvalue weighted by Crippen LogP contribution is 2.20.